The Bertz CT molecular complexity index is 1030. The maximum atomic E-state index is 12.3. The maximum Gasteiger partial charge on any atom is 0.263 e. The fraction of sp³-hybridized carbons (Fsp3) is 0.476. The van der Waals surface area contributed by atoms with Gasteiger partial charge in [-0.25, -0.2) is 4.68 Å². The van der Waals surface area contributed by atoms with E-state index in [2.05, 4.69) is 49.5 Å². The molecule has 0 atom stereocenters. The van der Waals surface area contributed by atoms with Crippen molar-refractivity contribution in [2.75, 3.05) is 25.0 Å². The highest BCUT2D eigenvalue weighted by molar-refractivity contribution is 5.74. The molecule has 0 saturated carbocycles. The number of hydrogen-bond acceptors (Lipinski definition) is 5. The molecule has 148 valence electrons. The number of rotatable bonds is 5. The summed E-state index contributed by atoms with van der Waals surface area (Å²) >= 11 is 0. The van der Waals surface area contributed by atoms with Crippen LogP contribution in [-0.4, -0.2) is 44.3 Å². The predicted molar refractivity (Wildman–Crippen MR) is 112 cm³/mol. The van der Waals surface area contributed by atoms with Gasteiger partial charge in [0, 0.05) is 26.2 Å². The van der Waals surface area contributed by atoms with Crippen LogP contribution in [0.5, 0.6) is 0 Å². The Morgan fingerprint density at radius 2 is 2.00 bits per heavy atom. The zero-order valence-corrected chi connectivity index (χ0v) is 16.8. The van der Waals surface area contributed by atoms with Gasteiger partial charge >= 0.3 is 0 Å². The van der Waals surface area contributed by atoms with Gasteiger partial charge in [-0.15, -0.1) is 0 Å². The van der Waals surface area contributed by atoms with Gasteiger partial charge in [-0.1, -0.05) is 24.3 Å². The number of anilines is 1. The van der Waals surface area contributed by atoms with Gasteiger partial charge in [0.25, 0.3) is 5.56 Å². The zero-order chi connectivity index (χ0) is 19.7. The van der Waals surface area contributed by atoms with Crippen LogP contribution in [0.4, 0.5) is 5.95 Å². The van der Waals surface area contributed by atoms with Crippen LogP contribution in [0, 0.1) is 0 Å². The molecular weight excluding hydrogens is 352 g/mol. The van der Waals surface area contributed by atoms with Gasteiger partial charge in [0.05, 0.1) is 11.7 Å². The fourth-order valence-electron chi connectivity index (χ4n) is 3.75. The summed E-state index contributed by atoms with van der Waals surface area (Å²) in [6.45, 7) is 10.0. The van der Waals surface area contributed by atoms with Crippen LogP contribution in [0.15, 0.2) is 35.3 Å². The predicted octanol–water partition coefficient (Wildman–Crippen LogP) is 2.73. The molecule has 0 amide bonds. The Hall–Kier alpha value is -2.67. The Balaban J connectivity index is 1.37. The van der Waals surface area contributed by atoms with E-state index in [9.17, 15) is 4.79 Å². The zero-order valence-electron chi connectivity index (χ0n) is 16.8. The molecule has 0 spiro atoms. The van der Waals surface area contributed by atoms with Crippen LogP contribution in [0.3, 0.4) is 0 Å². The number of aromatic nitrogens is 4. The minimum atomic E-state index is -0.232. The number of hydrogen-bond donors (Lipinski definition) is 2. The first kappa shape index (κ1) is 18.7. The molecule has 2 N–H and O–H groups in total. The molecule has 1 aliphatic rings. The van der Waals surface area contributed by atoms with Crippen LogP contribution in [0.2, 0.25) is 0 Å². The van der Waals surface area contributed by atoms with Gasteiger partial charge < -0.3 is 5.32 Å². The Labute approximate surface area is 164 Å². The fourth-order valence-corrected chi connectivity index (χ4v) is 3.75. The number of aromatic amines is 1. The van der Waals surface area contributed by atoms with Gasteiger partial charge in [-0.05, 0) is 44.7 Å². The number of nitrogens with one attached hydrogen (secondary N) is 2. The lowest BCUT2D eigenvalue weighted by molar-refractivity contribution is 0.253. The normalized spacial score (nSPS) is 15.0. The minimum absolute atomic E-state index is 0.157. The SMILES string of the molecule is CC(C)(C)n1ncc2c(=O)[nH]c(NCCCN3CCc4ccccc4C3)nc21. The third-order valence-corrected chi connectivity index (χ3v) is 5.23. The number of fused-ring (bicyclic) bond motifs is 2. The number of H-pyrrole nitrogens is 1. The summed E-state index contributed by atoms with van der Waals surface area (Å²) in [4.78, 5) is 22.2. The van der Waals surface area contributed by atoms with Crippen molar-refractivity contribution in [3.05, 3.63) is 51.9 Å². The topological polar surface area (TPSA) is 78.8 Å². The van der Waals surface area contributed by atoms with Gasteiger partial charge in [0.15, 0.2) is 5.65 Å². The molecule has 1 aliphatic heterocycles. The molecule has 0 radical (unpaired) electrons. The van der Waals surface area contributed by atoms with Crippen molar-refractivity contribution in [2.24, 2.45) is 0 Å². The summed E-state index contributed by atoms with van der Waals surface area (Å²) in [5.41, 5.74) is 3.14. The van der Waals surface area contributed by atoms with Crippen molar-refractivity contribution in [3.63, 3.8) is 0 Å². The molecule has 0 unspecified atom stereocenters. The van der Waals surface area contributed by atoms with Gasteiger partial charge in [0.2, 0.25) is 5.95 Å². The average Bonchev–Trinajstić information content (AvgIpc) is 3.10. The smallest absolute Gasteiger partial charge is 0.263 e. The van der Waals surface area contributed by atoms with Crippen LogP contribution < -0.4 is 10.9 Å². The summed E-state index contributed by atoms with van der Waals surface area (Å²) in [5, 5.41) is 8.14. The molecule has 4 rings (SSSR count). The van der Waals surface area contributed by atoms with Crippen LogP contribution >= 0.6 is 0 Å². The van der Waals surface area contributed by atoms with Gasteiger partial charge in [-0.3, -0.25) is 14.7 Å². The van der Waals surface area contributed by atoms with E-state index in [1.165, 1.54) is 11.1 Å². The standard InChI is InChI=1S/C21H28N6O/c1-21(2,3)27-18-17(13-23-27)19(28)25-20(24-18)22-10-6-11-26-12-9-15-7-4-5-8-16(15)14-26/h4-5,7-8,13H,6,9-12,14H2,1-3H3,(H2,22,24,25,28). The minimum Gasteiger partial charge on any atom is -0.356 e. The summed E-state index contributed by atoms with van der Waals surface area (Å²) in [6, 6.07) is 8.69. The lowest BCUT2D eigenvalue weighted by Crippen LogP contribution is -2.32. The molecule has 0 saturated heterocycles. The lowest BCUT2D eigenvalue weighted by atomic mass is 10.00. The molecular formula is C21H28N6O. The first-order chi connectivity index (χ1) is 13.4. The van der Waals surface area contributed by atoms with E-state index < -0.39 is 0 Å². The molecule has 7 heteroatoms. The molecule has 28 heavy (non-hydrogen) atoms. The highest BCUT2D eigenvalue weighted by Crippen LogP contribution is 2.19. The molecule has 3 aromatic rings. The molecule has 3 heterocycles. The molecule has 7 nitrogen and oxygen atoms in total. The highest BCUT2D eigenvalue weighted by Gasteiger charge is 2.20. The first-order valence-corrected chi connectivity index (χ1v) is 9.93. The van der Waals surface area contributed by atoms with Crippen molar-refractivity contribution >= 4 is 17.0 Å². The molecule has 0 fully saturated rings. The molecule has 1 aromatic carbocycles. The Kier molecular flexibility index (Phi) is 4.93. The van der Waals surface area contributed by atoms with Crippen molar-refractivity contribution in [3.8, 4) is 0 Å². The maximum absolute atomic E-state index is 12.3. The van der Waals surface area contributed by atoms with E-state index >= 15 is 0 Å². The second-order valence-corrected chi connectivity index (χ2v) is 8.45. The van der Waals surface area contributed by atoms with Crippen LogP contribution in [0.1, 0.15) is 38.3 Å². The van der Waals surface area contributed by atoms with Crippen molar-refractivity contribution in [1.29, 1.82) is 0 Å². The van der Waals surface area contributed by atoms with E-state index in [0.29, 0.717) is 17.0 Å². The summed E-state index contributed by atoms with van der Waals surface area (Å²) in [6.07, 6.45) is 3.69. The quantitative estimate of drug-likeness (QED) is 0.666. The van der Waals surface area contributed by atoms with Gasteiger partial charge in [0.1, 0.15) is 5.39 Å². The van der Waals surface area contributed by atoms with Crippen molar-refractivity contribution in [1.82, 2.24) is 24.6 Å². The first-order valence-electron chi connectivity index (χ1n) is 9.93. The Morgan fingerprint density at radius 3 is 2.79 bits per heavy atom. The van der Waals surface area contributed by atoms with E-state index in [-0.39, 0.29) is 11.1 Å². The summed E-state index contributed by atoms with van der Waals surface area (Å²) in [7, 11) is 0. The van der Waals surface area contributed by atoms with Crippen molar-refractivity contribution in [2.45, 2.75) is 45.7 Å². The second-order valence-electron chi connectivity index (χ2n) is 8.45. The van der Waals surface area contributed by atoms with Crippen LogP contribution in [-0.2, 0) is 18.5 Å². The lowest BCUT2D eigenvalue weighted by Gasteiger charge is -2.28. The molecule has 0 bridgehead atoms. The second kappa shape index (κ2) is 7.39. The van der Waals surface area contributed by atoms with E-state index in [0.717, 1.165) is 39.0 Å². The van der Waals surface area contributed by atoms with E-state index in [1.807, 2.05) is 20.8 Å². The third-order valence-electron chi connectivity index (χ3n) is 5.23. The number of nitrogens with zero attached hydrogens (tertiary/aromatic N) is 4. The number of benzene rings is 1. The molecule has 2 aromatic heterocycles. The van der Waals surface area contributed by atoms with Crippen molar-refractivity contribution < 1.29 is 0 Å². The summed E-state index contributed by atoms with van der Waals surface area (Å²) < 4.78 is 1.80. The monoisotopic (exact) mass is 380 g/mol. The average molecular weight is 380 g/mol. The molecule has 0 aliphatic carbocycles. The Morgan fingerprint density at radius 1 is 1.21 bits per heavy atom. The van der Waals surface area contributed by atoms with Crippen LogP contribution in [0.25, 0.3) is 11.0 Å². The third kappa shape index (κ3) is 3.80. The van der Waals surface area contributed by atoms with E-state index in [4.69, 9.17) is 0 Å². The van der Waals surface area contributed by atoms with E-state index in [1.54, 1.807) is 10.9 Å². The largest absolute Gasteiger partial charge is 0.356 e. The highest BCUT2D eigenvalue weighted by atomic mass is 16.1. The summed E-state index contributed by atoms with van der Waals surface area (Å²) in [5.74, 6) is 0.507. The van der Waals surface area contributed by atoms with Gasteiger partial charge in [-0.2, -0.15) is 10.1 Å².